The van der Waals surface area contributed by atoms with E-state index in [0.717, 1.165) is 10.6 Å². The third-order valence-corrected chi connectivity index (χ3v) is 6.72. The molecule has 0 unspecified atom stereocenters. The second kappa shape index (κ2) is 8.65. The maximum Gasteiger partial charge on any atom is 0.255 e. The summed E-state index contributed by atoms with van der Waals surface area (Å²) in [6.07, 6.45) is 1.09. The third kappa shape index (κ3) is 4.11. The molecular formula is C25H20FN3O4S. The summed E-state index contributed by atoms with van der Waals surface area (Å²) in [5, 5.41) is 12.2. The van der Waals surface area contributed by atoms with Crippen molar-refractivity contribution in [3.05, 3.63) is 77.6 Å². The summed E-state index contributed by atoms with van der Waals surface area (Å²) in [6.45, 7) is 0. The molecule has 1 amide bonds. The topological polar surface area (TPSA) is 103 Å². The van der Waals surface area contributed by atoms with E-state index in [1.807, 2.05) is 0 Å². The van der Waals surface area contributed by atoms with E-state index < -0.39 is 21.7 Å². The average molecular weight is 478 g/mol. The number of nitrogens with one attached hydrogen (secondary N) is 1. The van der Waals surface area contributed by atoms with Gasteiger partial charge in [0, 0.05) is 36.7 Å². The number of sulfonamides is 1. The molecule has 7 nitrogen and oxygen atoms in total. The van der Waals surface area contributed by atoms with Gasteiger partial charge in [-0.15, -0.1) is 0 Å². The van der Waals surface area contributed by atoms with Gasteiger partial charge in [0.25, 0.3) is 5.91 Å². The lowest BCUT2D eigenvalue weighted by atomic mass is 9.98. The van der Waals surface area contributed by atoms with Crippen LogP contribution in [0.3, 0.4) is 0 Å². The molecule has 4 aromatic rings. The Bertz CT molecular complexity index is 1550. The van der Waals surface area contributed by atoms with Crippen molar-refractivity contribution in [3.63, 3.8) is 0 Å². The maximum absolute atomic E-state index is 13.5. The molecule has 9 heteroatoms. The van der Waals surface area contributed by atoms with Gasteiger partial charge < -0.3 is 9.73 Å². The molecule has 4 rings (SSSR count). The van der Waals surface area contributed by atoms with E-state index >= 15 is 0 Å². The van der Waals surface area contributed by atoms with E-state index in [1.54, 1.807) is 36.4 Å². The standard InChI is InChI=1S/C25H20FN3O4S/c1-28-25(30)23-20-12-19(16-6-4-15(14-27)5-7-16)21(29(2)34(3,31)32)13-22(20)33-24(23)17-8-10-18(26)11-9-17/h4-13H,1-3H3,(H,28,30). The first-order valence-electron chi connectivity index (χ1n) is 10.2. The van der Waals surface area contributed by atoms with Gasteiger partial charge in [0.05, 0.1) is 29.1 Å². The van der Waals surface area contributed by atoms with E-state index in [9.17, 15) is 17.6 Å². The second-order valence-electron chi connectivity index (χ2n) is 7.68. The van der Waals surface area contributed by atoms with Gasteiger partial charge in [-0.05, 0) is 48.0 Å². The average Bonchev–Trinajstić information content (AvgIpc) is 3.20. The van der Waals surface area contributed by atoms with Crippen LogP contribution in [0, 0.1) is 17.1 Å². The number of rotatable bonds is 5. The molecule has 1 aromatic heterocycles. The SMILES string of the molecule is CNC(=O)c1c(-c2ccc(F)cc2)oc2cc(N(C)S(C)(=O)=O)c(-c3ccc(C#N)cc3)cc12. The molecule has 0 spiro atoms. The van der Waals surface area contributed by atoms with Crippen molar-refractivity contribution >= 4 is 32.6 Å². The second-order valence-corrected chi connectivity index (χ2v) is 9.69. The van der Waals surface area contributed by atoms with Crippen LogP contribution in [-0.4, -0.2) is 34.7 Å². The molecule has 0 saturated heterocycles. The summed E-state index contributed by atoms with van der Waals surface area (Å²) in [5.41, 5.74) is 3.00. The molecule has 0 saturated carbocycles. The number of carbonyl (C=O) groups is 1. The monoisotopic (exact) mass is 477 g/mol. The van der Waals surface area contributed by atoms with Crippen molar-refractivity contribution in [1.82, 2.24) is 5.32 Å². The summed E-state index contributed by atoms with van der Waals surface area (Å²) in [6, 6.07) is 17.5. The van der Waals surface area contributed by atoms with Crippen LogP contribution >= 0.6 is 0 Å². The van der Waals surface area contributed by atoms with Crippen LogP contribution in [0.15, 0.2) is 65.1 Å². The smallest absolute Gasteiger partial charge is 0.255 e. The highest BCUT2D eigenvalue weighted by Gasteiger charge is 2.25. The van der Waals surface area contributed by atoms with Crippen LogP contribution in [0.25, 0.3) is 33.4 Å². The zero-order valence-electron chi connectivity index (χ0n) is 18.6. The van der Waals surface area contributed by atoms with Gasteiger partial charge in [-0.3, -0.25) is 9.10 Å². The number of benzene rings is 3. The molecule has 1 heterocycles. The molecule has 0 atom stereocenters. The highest BCUT2D eigenvalue weighted by molar-refractivity contribution is 7.92. The van der Waals surface area contributed by atoms with Crippen LogP contribution in [0.5, 0.6) is 0 Å². The van der Waals surface area contributed by atoms with Crippen molar-refractivity contribution in [2.75, 3.05) is 24.7 Å². The summed E-state index contributed by atoms with van der Waals surface area (Å²) in [4.78, 5) is 12.9. The minimum atomic E-state index is -3.63. The van der Waals surface area contributed by atoms with Gasteiger partial charge in [-0.2, -0.15) is 5.26 Å². The van der Waals surface area contributed by atoms with E-state index in [0.29, 0.717) is 38.9 Å². The van der Waals surface area contributed by atoms with Gasteiger partial charge in [0.1, 0.15) is 17.2 Å². The Kier molecular flexibility index (Phi) is 5.85. The van der Waals surface area contributed by atoms with Gasteiger partial charge in [-0.25, -0.2) is 12.8 Å². The molecular weight excluding hydrogens is 457 g/mol. The summed E-state index contributed by atoms with van der Waals surface area (Å²) in [5.74, 6) is -0.603. The van der Waals surface area contributed by atoms with Crippen molar-refractivity contribution in [1.29, 1.82) is 5.26 Å². The number of furan rings is 1. The largest absolute Gasteiger partial charge is 0.455 e. The first kappa shape index (κ1) is 23.0. The zero-order chi connectivity index (χ0) is 24.6. The van der Waals surface area contributed by atoms with E-state index in [1.165, 1.54) is 38.4 Å². The highest BCUT2D eigenvalue weighted by Crippen LogP contribution is 2.41. The fourth-order valence-corrected chi connectivity index (χ4v) is 4.19. The Labute approximate surface area is 196 Å². The number of hydrogen-bond donors (Lipinski definition) is 1. The van der Waals surface area contributed by atoms with Crippen LogP contribution in [-0.2, 0) is 10.0 Å². The van der Waals surface area contributed by atoms with E-state index in [-0.39, 0.29) is 11.3 Å². The van der Waals surface area contributed by atoms with Gasteiger partial charge in [0.2, 0.25) is 10.0 Å². The van der Waals surface area contributed by atoms with Crippen LogP contribution in [0.2, 0.25) is 0 Å². The highest BCUT2D eigenvalue weighted by atomic mass is 32.2. The molecule has 0 fully saturated rings. The lowest BCUT2D eigenvalue weighted by molar-refractivity contribution is 0.0964. The van der Waals surface area contributed by atoms with Crippen molar-refractivity contribution < 1.29 is 22.0 Å². The zero-order valence-corrected chi connectivity index (χ0v) is 19.4. The number of hydrogen-bond acceptors (Lipinski definition) is 5. The molecule has 0 aliphatic carbocycles. The molecule has 1 N–H and O–H groups in total. The van der Waals surface area contributed by atoms with Crippen LogP contribution < -0.4 is 9.62 Å². The van der Waals surface area contributed by atoms with Crippen LogP contribution in [0.4, 0.5) is 10.1 Å². The van der Waals surface area contributed by atoms with E-state index in [2.05, 4.69) is 11.4 Å². The minimum absolute atomic E-state index is 0.235. The third-order valence-electron chi connectivity index (χ3n) is 5.53. The molecule has 34 heavy (non-hydrogen) atoms. The quantitative estimate of drug-likeness (QED) is 0.455. The Hall–Kier alpha value is -4.16. The first-order chi connectivity index (χ1) is 16.1. The number of nitrogens with zero attached hydrogens (tertiary/aromatic N) is 2. The minimum Gasteiger partial charge on any atom is -0.455 e. The molecule has 0 bridgehead atoms. The number of carbonyl (C=O) groups excluding carboxylic acids is 1. The predicted molar refractivity (Wildman–Crippen MR) is 128 cm³/mol. The molecule has 0 aliphatic heterocycles. The number of nitriles is 1. The van der Waals surface area contributed by atoms with Crippen molar-refractivity contribution in [2.45, 2.75) is 0 Å². The number of anilines is 1. The van der Waals surface area contributed by atoms with Gasteiger partial charge in [-0.1, -0.05) is 12.1 Å². The number of fused-ring (bicyclic) bond motifs is 1. The maximum atomic E-state index is 13.5. The molecule has 3 aromatic carbocycles. The summed E-state index contributed by atoms with van der Waals surface area (Å²) >= 11 is 0. The Morgan fingerprint density at radius 2 is 1.68 bits per heavy atom. The molecule has 172 valence electrons. The van der Waals surface area contributed by atoms with Crippen molar-refractivity contribution in [3.8, 4) is 28.5 Å². The number of halogens is 1. The Morgan fingerprint density at radius 3 is 2.24 bits per heavy atom. The van der Waals surface area contributed by atoms with Gasteiger partial charge >= 0.3 is 0 Å². The molecule has 0 radical (unpaired) electrons. The van der Waals surface area contributed by atoms with Crippen LogP contribution in [0.1, 0.15) is 15.9 Å². The first-order valence-corrected chi connectivity index (χ1v) is 12.0. The fraction of sp³-hybridized carbons (Fsp3) is 0.120. The van der Waals surface area contributed by atoms with Crippen molar-refractivity contribution in [2.24, 2.45) is 0 Å². The van der Waals surface area contributed by atoms with E-state index in [4.69, 9.17) is 9.68 Å². The number of amides is 1. The predicted octanol–water partition coefficient (Wildman–Crippen LogP) is 4.53. The normalized spacial score (nSPS) is 11.3. The summed E-state index contributed by atoms with van der Waals surface area (Å²) < 4.78 is 45.4. The Morgan fingerprint density at radius 1 is 1.06 bits per heavy atom. The van der Waals surface area contributed by atoms with Gasteiger partial charge in [0.15, 0.2) is 0 Å². The lowest BCUT2D eigenvalue weighted by Crippen LogP contribution is -2.25. The summed E-state index contributed by atoms with van der Waals surface area (Å²) in [7, 11) is -0.718. The molecule has 0 aliphatic rings. The Balaban J connectivity index is 2.07. The fourth-order valence-electron chi connectivity index (χ4n) is 3.68. The lowest BCUT2D eigenvalue weighted by Gasteiger charge is -2.20.